The van der Waals surface area contributed by atoms with Gasteiger partial charge in [-0.15, -0.1) is 0 Å². The average molecular weight is 273 g/mol. The van der Waals surface area contributed by atoms with E-state index in [9.17, 15) is 13.2 Å². The molecule has 0 atom stereocenters. The van der Waals surface area contributed by atoms with E-state index in [1.165, 1.54) is 0 Å². The number of aliphatic carboxylic acids is 1. The monoisotopic (exact) mass is 273 g/mol. The summed E-state index contributed by atoms with van der Waals surface area (Å²) in [5, 5.41) is 10.6. The average Bonchev–Trinajstić information content (AvgIpc) is 2.17. The number of hydrogen-bond donors (Lipinski definition) is 5. The second-order valence-corrected chi connectivity index (χ2v) is 4.56. The number of carboxylic acid groups (broad SMARTS) is 1. The van der Waals surface area contributed by atoms with Crippen molar-refractivity contribution in [2.75, 3.05) is 25.4 Å². The Kier molecular flexibility index (Phi) is 16.9. The minimum Gasteiger partial charge on any atom is -0.480 e. The fourth-order valence-electron chi connectivity index (χ4n) is 0.681. The van der Waals surface area contributed by atoms with Gasteiger partial charge in [-0.1, -0.05) is 6.92 Å². The lowest BCUT2D eigenvalue weighted by molar-refractivity contribution is -0.135. The second-order valence-electron chi connectivity index (χ2n) is 2.99. The van der Waals surface area contributed by atoms with Gasteiger partial charge >= 0.3 is 5.97 Å². The van der Waals surface area contributed by atoms with Gasteiger partial charge in [0.05, 0.1) is 12.3 Å². The molecule has 0 bridgehead atoms. The van der Waals surface area contributed by atoms with Crippen molar-refractivity contribution < 1.29 is 22.9 Å². The molecule has 0 aliphatic heterocycles. The van der Waals surface area contributed by atoms with Crippen molar-refractivity contribution >= 4 is 16.1 Å². The minimum atomic E-state index is -3.75. The molecule has 0 unspecified atom stereocenters. The van der Waals surface area contributed by atoms with Gasteiger partial charge in [0.2, 0.25) is 0 Å². The molecule has 0 spiro atoms. The first kappa shape index (κ1) is 21.5. The molecule has 0 fully saturated rings. The Balaban J connectivity index is -0.000000280. The highest BCUT2D eigenvalue weighted by Crippen LogP contribution is 1.86. The number of carboxylic acids is 1. The molecule has 0 aromatic heterocycles. The van der Waals surface area contributed by atoms with Gasteiger partial charge in [0.25, 0.3) is 10.1 Å². The van der Waals surface area contributed by atoms with Crippen molar-refractivity contribution in [2.45, 2.75) is 19.8 Å². The summed E-state index contributed by atoms with van der Waals surface area (Å²) in [5.74, 6) is -1.12. The fraction of sp³-hybridized carbons (Fsp3) is 0.875. The lowest BCUT2D eigenvalue weighted by Crippen LogP contribution is -2.18. The zero-order valence-corrected chi connectivity index (χ0v) is 10.9. The van der Waals surface area contributed by atoms with Gasteiger partial charge in [-0.3, -0.25) is 9.35 Å². The number of nitrogens with one attached hydrogen (secondary N) is 1. The van der Waals surface area contributed by atoms with Crippen molar-refractivity contribution in [1.29, 1.82) is 0 Å². The van der Waals surface area contributed by atoms with E-state index < -0.39 is 16.1 Å². The summed E-state index contributed by atoms with van der Waals surface area (Å²) in [6.45, 7) is 3.30. The molecule has 0 saturated carbocycles. The number of nitrogens with two attached hydrogens (primary N) is 1. The van der Waals surface area contributed by atoms with E-state index >= 15 is 0 Å². The standard InChI is InChI=1S/C6H15NO3S.C2H5NO2.H3N/c1-2-4-7-5-3-6-11(8,9)10;3-1-2(4)5;/h7H,2-6H2,1H3,(H,8,9,10);1,3H2,(H,4,5);1H3. The molecule has 0 heterocycles. The minimum absolute atomic E-state index is 0. The smallest absolute Gasteiger partial charge is 0.317 e. The van der Waals surface area contributed by atoms with E-state index in [0.717, 1.165) is 13.0 Å². The topological polar surface area (TPSA) is 165 Å². The maximum Gasteiger partial charge on any atom is 0.317 e. The molecule has 106 valence electrons. The highest BCUT2D eigenvalue weighted by Gasteiger charge is 2.01. The highest BCUT2D eigenvalue weighted by molar-refractivity contribution is 7.85. The van der Waals surface area contributed by atoms with Crippen LogP contribution in [0.1, 0.15) is 19.8 Å². The Hall–Kier alpha value is -0.740. The van der Waals surface area contributed by atoms with Crippen LogP contribution in [0.2, 0.25) is 0 Å². The van der Waals surface area contributed by atoms with Crippen LogP contribution >= 0.6 is 0 Å². The van der Waals surface area contributed by atoms with Crippen molar-refractivity contribution in [3.8, 4) is 0 Å². The summed E-state index contributed by atoms with van der Waals surface area (Å²) in [7, 11) is -3.75. The molecule has 0 aromatic rings. The lowest BCUT2D eigenvalue weighted by Gasteiger charge is -2.00. The molecule has 8 nitrogen and oxygen atoms in total. The molecular formula is C8H23N3O5S. The predicted octanol–water partition coefficient (Wildman–Crippen LogP) is -0.544. The maximum atomic E-state index is 10.2. The van der Waals surface area contributed by atoms with Gasteiger partial charge < -0.3 is 22.3 Å². The first-order valence-electron chi connectivity index (χ1n) is 4.91. The van der Waals surface area contributed by atoms with Crippen molar-refractivity contribution in [2.24, 2.45) is 5.73 Å². The maximum absolute atomic E-state index is 10.2. The molecule has 0 aliphatic rings. The lowest BCUT2D eigenvalue weighted by atomic mass is 10.4. The molecule has 0 radical (unpaired) electrons. The van der Waals surface area contributed by atoms with E-state index in [0.29, 0.717) is 13.0 Å². The molecule has 0 aromatic carbocycles. The van der Waals surface area contributed by atoms with Crippen LogP contribution in [0.15, 0.2) is 0 Å². The fourth-order valence-corrected chi connectivity index (χ4v) is 1.19. The highest BCUT2D eigenvalue weighted by atomic mass is 32.2. The van der Waals surface area contributed by atoms with Crippen LogP contribution in [0.3, 0.4) is 0 Å². The Morgan fingerprint density at radius 1 is 1.35 bits per heavy atom. The van der Waals surface area contributed by atoms with Crippen LogP contribution in [-0.4, -0.2) is 49.4 Å². The van der Waals surface area contributed by atoms with Gasteiger partial charge in [0, 0.05) is 0 Å². The third-order valence-corrected chi connectivity index (χ3v) is 2.16. The first-order valence-corrected chi connectivity index (χ1v) is 6.52. The molecular weight excluding hydrogens is 250 g/mol. The van der Waals surface area contributed by atoms with Crippen LogP contribution in [0.25, 0.3) is 0 Å². The van der Waals surface area contributed by atoms with E-state index in [-0.39, 0.29) is 18.4 Å². The molecule has 0 aliphatic carbocycles. The van der Waals surface area contributed by atoms with E-state index in [1.807, 2.05) is 6.92 Å². The molecule has 0 saturated heterocycles. The van der Waals surface area contributed by atoms with Gasteiger partial charge in [-0.2, -0.15) is 8.42 Å². The van der Waals surface area contributed by atoms with E-state index in [4.69, 9.17) is 9.66 Å². The molecule has 0 amide bonds. The van der Waals surface area contributed by atoms with E-state index in [1.54, 1.807) is 0 Å². The van der Waals surface area contributed by atoms with E-state index in [2.05, 4.69) is 11.1 Å². The van der Waals surface area contributed by atoms with Crippen LogP contribution in [0.4, 0.5) is 0 Å². The largest absolute Gasteiger partial charge is 0.480 e. The summed E-state index contributed by atoms with van der Waals surface area (Å²) in [4.78, 5) is 9.24. The zero-order chi connectivity index (χ0) is 13.0. The summed E-state index contributed by atoms with van der Waals surface area (Å²) in [6.07, 6.45) is 1.50. The van der Waals surface area contributed by atoms with Crippen LogP contribution in [0.5, 0.6) is 0 Å². The summed E-state index contributed by atoms with van der Waals surface area (Å²) in [5.41, 5.74) is 4.57. The molecule has 17 heavy (non-hydrogen) atoms. The normalized spacial score (nSPS) is 9.82. The van der Waals surface area contributed by atoms with Crippen LogP contribution < -0.4 is 17.2 Å². The van der Waals surface area contributed by atoms with Gasteiger partial charge in [0.1, 0.15) is 0 Å². The SMILES string of the molecule is CCCNCCCS(=O)(=O)O.N.NCC(=O)O. The predicted molar refractivity (Wildman–Crippen MR) is 65.9 cm³/mol. The summed E-state index contributed by atoms with van der Waals surface area (Å²) >= 11 is 0. The van der Waals surface area contributed by atoms with Crippen molar-refractivity contribution in [1.82, 2.24) is 11.5 Å². The van der Waals surface area contributed by atoms with Gasteiger partial charge in [0.15, 0.2) is 0 Å². The third kappa shape index (κ3) is 31.3. The van der Waals surface area contributed by atoms with Gasteiger partial charge in [-0.05, 0) is 25.9 Å². The van der Waals surface area contributed by atoms with Crippen molar-refractivity contribution in [3.63, 3.8) is 0 Å². The first-order chi connectivity index (χ1) is 7.33. The molecule has 8 N–H and O–H groups in total. The molecule has 0 rings (SSSR count). The molecule has 9 heteroatoms. The quantitative estimate of drug-likeness (QED) is 0.304. The zero-order valence-electron chi connectivity index (χ0n) is 10.1. The third-order valence-electron chi connectivity index (χ3n) is 1.36. The second kappa shape index (κ2) is 13.3. The Labute approximate surface area is 102 Å². The Morgan fingerprint density at radius 3 is 2.12 bits per heavy atom. The summed E-state index contributed by atoms with van der Waals surface area (Å²) in [6, 6.07) is 0. The summed E-state index contributed by atoms with van der Waals surface area (Å²) < 4.78 is 28.7. The van der Waals surface area contributed by atoms with Crippen LogP contribution in [-0.2, 0) is 14.9 Å². The number of carbonyl (C=O) groups is 1. The Bertz CT molecular complexity index is 268. The number of rotatable bonds is 7. The van der Waals surface area contributed by atoms with Crippen molar-refractivity contribution in [3.05, 3.63) is 0 Å². The number of hydrogen-bond acceptors (Lipinski definition) is 6. The Morgan fingerprint density at radius 2 is 1.82 bits per heavy atom. The van der Waals surface area contributed by atoms with Crippen LogP contribution in [0, 0.1) is 0 Å². The van der Waals surface area contributed by atoms with Gasteiger partial charge in [-0.25, -0.2) is 0 Å².